The van der Waals surface area contributed by atoms with E-state index >= 15 is 0 Å². The second-order valence-electron chi connectivity index (χ2n) is 9.46. The van der Waals surface area contributed by atoms with Crippen LogP contribution in [0.5, 0.6) is 5.75 Å². The van der Waals surface area contributed by atoms with Crippen molar-refractivity contribution in [2.75, 3.05) is 18.0 Å². The van der Waals surface area contributed by atoms with Gasteiger partial charge in [-0.1, -0.05) is 24.3 Å². The molecule has 0 spiro atoms. The molecule has 1 amide bonds. The monoisotopic (exact) mass is 491 g/mol. The Morgan fingerprint density at radius 2 is 1.72 bits per heavy atom. The number of anilines is 1. The van der Waals surface area contributed by atoms with Gasteiger partial charge in [0, 0.05) is 43.5 Å². The second kappa shape index (κ2) is 11.0. The molecule has 3 aromatic rings. The largest absolute Gasteiger partial charge is 0.489 e. The molecule has 2 atom stereocenters. The molecule has 3 N–H and O–H groups in total. The molecule has 1 aliphatic carbocycles. The van der Waals surface area contributed by atoms with Crippen molar-refractivity contribution < 1.29 is 19.1 Å². The Balaban J connectivity index is 1.04. The summed E-state index contributed by atoms with van der Waals surface area (Å²) >= 11 is 0. The predicted octanol–water partition coefficient (Wildman–Crippen LogP) is 3.36. The van der Waals surface area contributed by atoms with Crippen LogP contribution in [0.4, 0.5) is 10.3 Å². The van der Waals surface area contributed by atoms with Crippen LogP contribution in [0.25, 0.3) is 0 Å². The lowest BCUT2D eigenvalue weighted by Crippen LogP contribution is -2.44. The number of halogens is 1. The summed E-state index contributed by atoms with van der Waals surface area (Å²) in [7, 11) is 0. The number of hydroxylamine groups is 1. The fourth-order valence-electron chi connectivity index (χ4n) is 4.68. The Labute approximate surface area is 209 Å². The number of carbonyl (C=O) groups is 1. The fourth-order valence-corrected chi connectivity index (χ4v) is 4.68. The third-order valence-electron chi connectivity index (χ3n) is 6.83. The number of nitrogens with zero attached hydrogens (tertiary/aromatic N) is 3. The molecule has 8 nitrogen and oxygen atoms in total. The summed E-state index contributed by atoms with van der Waals surface area (Å²) in [4.78, 5) is 22.2. The molecule has 1 saturated heterocycles. The number of ether oxygens (including phenoxy) is 1. The Bertz CT molecular complexity index is 1150. The maximum atomic E-state index is 13.0. The Kier molecular flexibility index (Phi) is 7.39. The van der Waals surface area contributed by atoms with Crippen molar-refractivity contribution >= 4 is 11.9 Å². The maximum absolute atomic E-state index is 13.0. The Morgan fingerprint density at radius 3 is 2.39 bits per heavy atom. The van der Waals surface area contributed by atoms with Gasteiger partial charge in [0.1, 0.15) is 18.2 Å². The first-order valence-corrected chi connectivity index (χ1v) is 12.3. The van der Waals surface area contributed by atoms with Crippen LogP contribution in [0.15, 0.2) is 60.9 Å². The molecule has 0 radical (unpaired) electrons. The number of carbonyl (C=O) groups excluding carboxylic acids is 1. The van der Waals surface area contributed by atoms with E-state index in [1.165, 1.54) is 17.7 Å². The molecule has 1 aromatic heterocycles. The minimum absolute atomic E-state index is 0.0527. The molecule has 2 aromatic carbocycles. The van der Waals surface area contributed by atoms with Crippen LogP contribution in [-0.2, 0) is 17.8 Å². The van der Waals surface area contributed by atoms with Gasteiger partial charge in [-0.3, -0.25) is 10.0 Å². The van der Waals surface area contributed by atoms with E-state index in [1.54, 1.807) is 30.0 Å². The number of piperidine rings is 1. The normalized spacial score (nSPS) is 19.7. The van der Waals surface area contributed by atoms with Crippen LogP contribution in [-0.4, -0.2) is 46.3 Å². The molecular weight excluding hydrogens is 461 g/mol. The molecule has 2 fully saturated rings. The minimum Gasteiger partial charge on any atom is -0.489 e. The van der Waals surface area contributed by atoms with Crippen LogP contribution in [0, 0.1) is 5.82 Å². The molecule has 5 rings (SSSR count). The first-order valence-electron chi connectivity index (χ1n) is 12.3. The van der Waals surface area contributed by atoms with E-state index < -0.39 is 5.91 Å². The Hall–Kier alpha value is -3.56. The lowest BCUT2D eigenvalue weighted by Gasteiger charge is -2.32. The van der Waals surface area contributed by atoms with Crippen molar-refractivity contribution in [3.8, 4) is 5.75 Å². The average Bonchev–Trinajstić information content (AvgIpc) is 3.68. The Morgan fingerprint density at radius 1 is 1.03 bits per heavy atom. The number of nitrogens with one attached hydrogen (secondary N) is 2. The van der Waals surface area contributed by atoms with E-state index in [0.717, 1.165) is 43.7 Å². The highest BCUT2D eigenvalue weighted by atomic mass is 19.1. The zero-order valence-electron chi connectivity index (χ0n) is 19.9. The highest BCUT2D eigenvalue weighted by Gasteiger charge is 2.39. The quantitative estimate of drug-likeness (QED) is 0.312. The predicted molar refractivity (Wildman–Crippen MR) is 132 cm³/mol. The van der Waals surface area contributed by atoms with Crippen molar-refractivity contribution in [1.82, 2.24) is 20.8 Å². The maximum Gasteiger partial charge on any atom is 0.247 e. The van der Waals surface area contributed by atoms with E-state index in [0.29, 0.717) is 36.1 Å². The van der Waals surface area contributed by atoms with Gasteiger partial charge in [-0.15, -0.1) is 0 Å². The van der Waals surface area contributed by atoms with Crippen LogP contribution in [0.1, 0.15) is 41.9 Å². The van der Waals surface area contributed by atoms with Crippen molar-refractivity contribution in [2.45, 2.75) is 50.3 Å². The van der Waals surface area contributed by atoms with Gasteiger partial charge in [-0.2, -0.15) is 0 Å². The topological polar surface area (TPSA) is 99.6 Å². The van der Waals surface area contributed by atoms with Gasteiger partial charge in [-0.05, 0) is 60.2 Å². The summed E-state index contributed by atoms with van der Waals surface area (Å²) in [5.41, 5.74) is 4.54. The summed E-state index contributed by atoms with van der Waals surface area (Å²) in [5, 5.41) is 12.5. The van der Waals surface area contributed by atoms with Crippen LogP contribution in [0.3, 0.4) is 0 Å². The summed E-state index contributed by atoms with van der Waals surface area (Å²) in [5.74, 6) is 1.29. The number of hydrogen-bond acceptors (Lipinski definition) is 7. The summed E-state index contributed by atoms with van der Waals surface area (Å²) in [6, 6.07) is 15.6. The van der Waals surface area contributed by atoms with E-state index in [1.807, 2.05) is 12.1 Å². The first kappa shape index (κ1) is 24.1. The number of aromatic nitrogens is 2. The molecule has 1 saturated carbocycles. The molecular formula is C27H30FN5O3. The number of hydrogen-bond donors (Lipinski definition) is 3. The first-order chi connectivity index (χ1) is 17.6. The molecule has 188 valence electrons. The number of amides is 1. The number of rotatable bonds is 9. The van der Waals surface area contributed by atoms with E-state index in [2.05, 4.69) is 32.3 Å². The SMILES string of the molecule is O=C(Cc1cnc(N2CCC(NC3CC3c3ccc(OCc4ccc(F)cc4)cc3)CC2)nc1)NO. The lowest BCUT2D eigenvalue weighted by molar-refractivity contribution is -0.128. The zero-order chi connectivity index (χ0) is 24.9. The molecule has 2 aliphatic rings. The van der Waals surface area contributed by atoms with Crippen molar-refractivity contribution in [3.05, 3.63) is 83.4 Å². The van der Waals surface area contributed by atoms with Gasteiger partial charge in [0.2, 0.25) is 11.9 Å². The third-order valence-corrected chi connectivity index (χ3v) is 6.83. The molecule has 2 unspecified atom stereocenters. The summed E-state index contributed by atoms with van der Waals surface area (Å²) in [6.07, 6.45) is 6.51. The van der Waals surface area contributed by atoms with Crippen LogP contribution >= 0.6 is 0 Å². The standard InChI is InChI=1S/C27H30FN5O3/c28-21-5-1-18(2-6-21)17-36-23-7-3-20(4-8-23)24-14-25(24)31-22-9-11-33(12-10-22)27-29-15-19(16-30-27)13-26(34)32-35/h1-8,15-16,22,24-25,31,35H,9-14,17H2,(H,32,34). The zero-order valence-corrected chi connectivity index (χ0v) is 19.9. The van der Waals surface area contributed by atoms with Gasteiger partial charge in [-0.25, -0.2) is 19.8 Å². The van der Waals surface area contributed by atoms with Gasteiger partial charge in [0.15, 0.2) is 0 Å². The molecule has 2 heterocycles. The van der Waals surface area contributed by atoms with E-state index in [9.17, 15) is 9.18 Å². The smallest absolute Gasteiger partial charge is 0.247 e. The highest BCUT2D eigenvalue weighted by Crippen LogP contribution is 2.42. The van der Waals surface area contributed by atoms with Gasteiger partial charge in [0.05, 0.1) is 6.42 Å². The minimum atomic E-state index is -0.484. The summed E-state index contributed by atoms with van der Waals surface area (Å²) < 4.78 is 18.9. The van der Waals surface area contributed by atoms with Crippen LogP contribution in [0.2, 0.25) is 0 Å². The number of benzene rings is 2. The second-order valence-corrected chi connectivity index (χ2v) is 9.46. The molecule has 36 heavy (non-hydrogen) atoms. The third kappa shape index (κ3) is 6.16. The summed E-state index contributed by atoms with van der Waals surface area (Å²) in [6.45, 7) is 2.18. The lowest BCUT2D eigenvalue weighted by atomic mass is 10.0. The fraction of sp³-hybridized carbons (Fsp3) is 0.370. The van der Waals surface area contributed by atoms with Crippen molar-refractivity contribution in [1.29, 1.82) is 0 Å². The molecule has 0 bridgehead atoms. The van der Waals surface area contributed by atoms with E-state index in [4.69, 9.17) is 9.94 Å². The van der Waals surface area contributed by atoms with Gasteiger partial charge >= 0.3 is 0 Å². The highest BCUT2D eigenvalue weighted by molar-refractivity contribution is 5.77. The van der Waals surface area contributed by atoms with Crippen molar-refractivity contribution in [2.24, 2.45) is 0 Å². The average molecular weight is 492 g/mol. The molecule has 9 heteroatoms. The van der Waals surface area contributed by atoms with Gasteiger partial charge in [0.25, 0.3) is 0 Å². The molecule has 1 aliphatic heterocycles. The van der Waals surface area contributed by atoms with Gasteiger partial charge < -0.3 is 15.0 Å². The van der Waals surface area contributed by atoms with E-state index in [-0.39, 0.29) is 12.2 Å². The van der Waals surface area contributed by atoms with Crippen LogP contribution < -0.4 is 20.4 Å². The van der Waals surface area contributed by atoms with Crippen molar-refractivity contribution in [3.63, 3.8) is 0 Å².